The Bertz CT molecular complexity index is 416. The molecule has 1 aliphatic carbocycles. The summed E-state index contributed by atoms with van der Waals surface area (Å²) in [5.41, 5.74) is 8.83. The molecular weight excluding hydrogens is 248 g/mol. The number of aryl methyl sites for hydroxylation is 2. The van der Waals surface area contributed by atoms with Gasteiger partial charge in [-0.25, -0.2) is 0 Å². The van der Waals surface area contributed by atoms with Gasteiger partial charge in [-0.1, -0.05) is 32.6 Å². The molecule has 0 aromatic carbocycles. The van der Waals surface area contributed by atoms with Crippen molar-refractivity contribution in [3.05, 3.63) is 17.5 Å². The molecule has 0 unspecified atom stereocenters. The van der Waals surface area contributed by atoms with Crippen LogP contribution in [0.3, 0.4) is 0 Å². The van der Waals surface area contributed by atoms with Crippen LogP contribution in [-0.4, -0.2) is 33.8 Å². The van der Waals surface area contributed by atoms with E-state index in [2.05, 4.69) is 30.0 Å². The monoisotopic (exact) mass is 278 g/mol. The van der Waals surface area contributed by atoms with Crippen LogP contribution in [0, 0.1) is 0 Å². The number of rotatable bonds is 5. The number of hydrogen-bond acceptors (Lipinski definition) is 3. The highest BCUT2D eigenvalue weighted by Crippen LogP contribution is 2.32. The fourth-order valence-corrected chi connectivity index (χ4v) is 3.43. The Morgan fingerprint density at radius 1 is 1.30 bits per heavy atom. The van der Waals surface area contributed by atoms with Crippen molar-refractivity contribution in [2.45, 2.75) is 64.0 Å². The lowest BCUT2D eigenvalue weighted by molar-refractivity contribution is 0.0971. The standard InChI is InChI=1S/C16H30N4/c1-4-14-11-15(20(3)18-14)12-19(2)16(13-17)9-7-5-6-8-10-16/h11H,4-10,12-13,17H2,1-3H3. The van der Waals surface area contributed by atoms with Crippen molar-refractivity contribution in [3.63, 3.8) is 0 Å². The Morgan fingerprint density at radius 3 is 2.45 bits per heavy atom. The van der Waals surface area contributed by atoms with Gasteiger partial charge >= 0.3 is 0 Å². The molecule has 0 aliphatic heterocycles. The van der Waals surface area contributed by atoms with Crippen molar-refractivity contribution in [3.8, 4) is 0 Å². The number of nitrogens with two attached hydrogens (primary N) is 1. The Balaban J connectivity index is 2.11. The summed E-state index contributed by atoms with van der Waals surface area (Å²) in [5.74, 6) is 0. The maximum Gasteiger partial charge on any atom is 0.0625 e. The lowest BCUT2D eigenvalue weighted by Crippen LogP contribution is -2.51. The lowest BCUT2D eigenvalue weighted by Gasteiger charge is -2.41. The van der Waals surface area contributed by atoms with E-state index in [1.807, 2.05) is 11.7 Å². The lowest BCUT2D eigenvalue weighted by atomic mass is 9.88. The number of likely N-dealkylation sites (N-methyl/N-ethyl adjacent to an activating group) is 1. The third-order valence-corrected chi connectivity index (χ3v) is 5.01. The van der Waals surface area contributed by atoms with Gasteiger partial charge in [0, 0.05) is 25.7 Å². The maximum atomic E-state index is 6.17. The van der Waals surface area contributed by atoms with Crippen LogP contribution in [0.1, 0.15) is 56.8 Å². The van der Waals surface area contributed by atoms with Crippen LogP contribution in [0.5, 0.6) is 0 Å². The first kappa shape index (κ1) is 15.5. The number of nitrogens with zero attached hydrogens (tertiary/aromatic N) is 3. The molecule has 4 nitrogen and oxygen atoms in total. The van der Waals surface area contributed by atoms with Gasteiger partial charge in [-0.15, -0.1) is 0 Å². The Labute approximate surface area is 123 Å². The van der Waals surface area contributed by atoms with Crippen LogP contribution in [0.2, 0.25) is 0 Å². The summed E-state index contributed by atoms with van der Waals surface area (Å²) in [7, 11) is 4.28. The predicted molar refractivity (Wildman–Crippen MR) is 83.5 cm³/mol. The van der Waals surface area contributed by atoms with Crippen molar-refractivity contribution in [1.82, 2.24) is 14.7 Å². The molecule has 0 bridgehead atoms. The molecule has 1 saturated carbocycles. The Kier molecular flexibility index (Phi) is 5.22. The first-order chi connectivity index (χ1) is 9.61. The minimum absolute atomic E-state index is 0.188. The molecule has 0 amide bonds. The van der Waals surface area contributed by atoms with Crippen LogP contribution in [0.4, 0.5) is 0 Å². The molecule has 20 heavy (non-hydrogen) atoms. The molecule has 1 heterocycles. The van der Waals surface area contributed by atoms with Crippen molar-refractivity contribution < 1.29 is 0 Å². The fraction of sp³-hybridized carbons (Fsp3) is 0.812. The molecule has 2 rings (SSSR count). The number of hydrogen-bond donors (Lipinski definition) is 1. The highest BCUT2D eigenvalue weighted by atomic mass is 15.3. The summed E-state index contributed by atoms with van der Waals surface area (Å²) in [5, 5.41) is 4.55. The smallest absolute Gasteiger partial charge is 0.0625 e. The molecule has 2 N–H and O–H groups in total. The van der Waals surface area contributed by atoms with Gasteiger partial charge in [0.2, 0.25) is 0 Å². The number of aromatic nitrogens is 2. The second-order valence-corrected chi connectivity index (χ2v) is 6.30. The average Bonchev–Trinajstić information content (AvgIpc) is 2.68. The van der Waals surface area contributed by atoms with E-state index in [9.17, 15) is 0 Å². The van der Waals surface area contributed by atoms with Gasteiger partial charge in [-0.05, 0) is 32.4 Å². The minimum atomic E-state index is 0.188. The summed E-state index contributed by atoms with van der Waals surface area (Å²) >= 11 is 0. The van der Waals surface area contributed by atoms with Crippen LogP contribution >= 0.6 is 0 Å². The second kappa shape index (κ2) is 6.72. The van der Waals surface area contributed by atoms with E-state index in [1.165, 1.54) is 49.9 Å². The summed E-state index contributed by atoms with van der Waals surface area (Å²) in [4.78, 5) is 2.48. The van der Waals surface area contributed by atoms with Crippen molar-refractivity contribution in [1.29, 1.82) is 0 Å². The SMILES string of the molecule is CCc1cc(CN(C)C2(CN)CCCCCC2)n(C)n1. The van der Waals surface area contributed by atoms with E-state index in [0.29, 0.717) is 0 Å². The van der Waals surface area contributed by atoms with Crippen LogP contribution in [-0.2, 0) is 20.0 Å². The average molecular weight is 278 g/mol. The topological polar surface area (TPSA) is 47.1 Å². The highest BCUT2D eigenvalue weighted by molar-refractivity contribution is 5.11. The molecule has 114 valence electrons. The molecule has 1 aromatic rings. The van der Waals surface area contributed by atoms with E-state index in [0.717, 1.165) is 19.5 Å². The summed E-state index contributed by atoms with van der Waals surface area (Å²) in [6.07, 6.45) is 8.82. The molecule has 0 saturated heterocycles. The zero-order valence-electron chi connectivity index (χ0n) is 13.4. The minimum Gasteiger partial charge on any atom is -0.329 e. The van der Waals surface area contributed by atoms with Gasteiger partial charge in [0.25, 0.3) is 0 Å². The molecule has 1 aromatic heterocycles. The molecule has 0 spiro atoms. The van der Waals surface area contributed by atoms with E-state index in [4.69, 9.17) is 5.73 Å². The van der Waals surface area contributed by atoms with Gasteiger partial charge < -0.3 is 5.73 Å². The van der Waals surface area contributed by atoms with Crippen LogP contribution < -0.4 is 5.73 Å². The molecule has 0 radical (unpaired) electrons. The van der Waals surface area contributed by atoms with Gasteiger partial charge in [-0.3, -0.25) is 9.58 Å². The zero-order valence-corrected chi connectivity index (χ0v) is 13.4. The van der Waals surface area contributed by atoms with Crippen molar-refractivity contribution in [2.75, 3.05) is 13.6 Å². The zero-order chi connectivity index (χ0) is 14.6. The third kappa shape index (κ3) is 3.23. The van der Waals surface area contributed by atoms with Crippen molar-refractivity contribution in [2.24, 2.45) is 12.8 Å². The van der Waals surface area contributed by atoms with E-state index >= 15 is 0 Å². The summed E-state index contributed by atoms with van der Waals surface area (Å²) < 4.78 is 2.02. The summed E-state index contributed by atoms with van der Waals surface area (Å²) in [6.45, 7) is 3.87. The second-order valence-electron chi connectivity index (χ2n) is 6.30. The normalized spacial score (nSPS) is 19.2. The van der Waals surface area contributed by atoms with Gasteiger partial charge in [0.15, 0.2) is 0 Å². The van der Waals surface area contributed by atoms with Crippen molar-refractivity contribution >= 4 is 0 Å². The van der Waals surface area contributed by atoms with E-state index in [-0.39, 0.29) is 5.54 Å². The van der Waals surface area contributed by atoms with Gasteiger partial charge in [-0.2, -0.15) is 5.10 Å². The quantitative estimate of drug-likeness (QED) is 0.842. The van der Waals surface area contributed by atoms with E-state index < -0.39 is 0 Å². The molecule has 1 fully saturated rings. The first-order valence-corrected chi connectivity index (χ1v) is 8.04. The molecule has 4 heteroatoms. The molecule has 0 atom stereocenters. The Hall–Kier alpha value is -0.870. The first-order valence-electron chi connectivity index (χ1n) is 8.04. The highest BCUT2D eigenvalue weighted by Gasteiger charge is 2.33. The maximum absolute atomic E-state index is 6.17. The van der Waals surface area contributed by atoms with E-state index in [1.54, 1.807) is 0 Å². The molecular formula is C16H30N4. The fourth-order valence-electron chi connectivity index (χ4n) is 3.43. The molecule has 1 aliphatic rings. The predicted octanol–water partition coefficient (Wildman–Crippen LogP) is 2.47. The summed E-state index contributed by atoms with van der Waals surface area (Å²) in [6, 6.07) is 2.23. The third-order valence-electron chi connectivity index (χ3n) is 5.01. The largest absolute Gasteiger partial charge is 0.329 e. The van der Waals surface area contributed by atoms with Crippen LogP contribution in [0.25, 0.3) is 0 Å². The Morgan fingerprint density at radius 2 is 1.95 bits per heavy atom. The van der Waals surface area contributed by atoms with Gasteiger partial charge in [0.1, 0.15) is 0 Å². The van der Waals surface area contributed by atoms with Gasteiger partial charge in [0.05, 0.1) is 11.4 Å². The van der Waals surface area contributed by atoms with Crippen LogP contribution in [0.15, 0.2) is 6.07 Å².